The fourth-order valence-electron chi connectivity index (χ4n) is 2.34. The zero-order valence-electron chi connectivity index (χ0n) is 12.8. The van der Waals surface area contributed by atoms with Crippen LogP contribution in [0.2, 0.25) is 0 Å². The summed E-state index contributed by atoms with van der Waals surface area (Å²) in [7, 11) is 0. The Balaban J connectivity index is 2.54. The Morgan fingerprint density at radius 3 is 2.71 bits per heavy atom. The molecule has 0 fully saturated rings. The Hall–Kier alpha value is -1.79. The Kier molecular flexibility index (Phi) is 4.11. The van der Waals surface area contributed by atoms with Crippen molar-refractivity contribution in [3.8, 4) is 0 Å². The fraction of sp³-hybridized carbons (Fsp3) is 0.533. The van der Waals surface area contributed by atoms with Gasteiger partial charge in [-0.3, -0.25) is 0 Å². The minimum Gasteiger partial charge on any atom is -0.628 e. The number of rotatable bonds is 4. The van der Waals surface area contributed by atoms with E-state index in [4.69, 9.17) is 0 Å². The molecule has 0 aromatic carbocycles. The van der Waals surface area contributed by atoms with Crippen molar-refractivity contribution in [2.45, 2.75) is 39.7 Å². The topological polar surface area (TPSA) is 90.0 Å². The number of aliphatic imine (C=N–C) groups is 1. The molecule has 1 aliphatic rings. The van der Waals surface area contributed by atoms with Gasteiger partial charge in [0.2, 0.25) is 5.84 Å². The first-order valence-electron chi connectivity index (χ1n) is 7.14. The normalized spacial score (nSPS) is 25.2. The second-order valence-electron chi connectivity index (χ2n) is 5.97. The van der Waals surface area contributed by atoms with Gasteiger partial charge in [-0.2, -0.15) is 0 Å². The van der Waals surface area contributed by atoms with Gasteiger partial charge < -0.3 is 15.4 Å². The van der Waals surface area contributed by atoms with Crippen molar-refractivity contribution in [1.82, 2.24) is 4.98 Å². The lowest BCUT2D eigenvalue weighted by Crippen LogP contribution is -3.09. The maximum absolute atomic E-state index is 12.3. The first-order valence-corrected chi connectivity index (χ1v) is 7.14. The second kappa shape index (κ2) is 5.54. The van der Waals surface area contributed by atoms with E-state index < -0.39 is 11.5 Å². The third-order valence-corrected chi connectivity index (χ3v) is 4.20. The minimum absolute atomic E-state index is 0.0504. The van der Waals surface area contributed by atoms with Gasteiger partial charge in [-0.1, -0.05) is 20.8 Å². The van der Waals surface area contributed by atoms with Crippen LogP contribution in [0.15, 0.2) is 17.3 Å². The summed E-state index contributed by atoms with van der Waals surface area (Å²) in [5.74, 6) is -0.685. The molecule has 2 unspecified atom stereocenters. The van der Waals surface area contributed by atoms with Crippen LogP contribution in [0.25, 0.3) is 0 Å². The number of aromatic nitrogens is 1. The van der Waals surface area contributed by atoms with E-state index >= 15 is 0 Å². The Morgan fingerprint density at radius 2 is 2.24 bits per heavy atom. The zero-order valence-corrected chi connectivity index (χ0v) is 12.8. The number of carboxylic acids is 1. The van der Waals surface area contributed by atoms with E-state index in [1.165, 1.54) is 0 Å². The average molecular weight is 291 g/mol. The first kappa shape index (κ1) is 15.6. The van der Waals surface area contributed by atoms with Crippen molar-refractivity contribution in [1.29, 1.82) is 0 Å². The highest BCUT2D eigenvalue weighted by molar-refractivity contribution is 6.02. The number of carboxylic acid groups (broad SMARTS) is 1. The monoisotopic (exact) mass is 291 g/mol. The largest absolute Gasteiger partial charge is 0.628 e. The van der Waals surface area contributed by atoms with Gasteiger partial charge in [-0.05, 0) is 30.9 Å². The van der Waals surface area contributed by atoms with Crippen molar-refractivity contribution < 1.29 is 15.0 Å². The molecule has 21 heavy (non-hydrogen) atoms. The molecule has 0 amide bonds. The molecule has 1 aliphatic heterocycles. The van der Waals surface area contributed by atoms with Crippen LogP contribution in [-0.2, 0) is 6.42 Å². The third-order valence-electron chi connectivity index (χ3n) is 4.20. The van der Waals surface area contributed by atoms with Crippen molar-refractivity contribution in [3.63, 3.8) is 0 Å². The number of aryl methyl sites for hydroxylation is 1. The van der Waals surface area contributed by atoms with Crippen molar-refractivity contribution >= 4 is 11.8 Å². The number of quaternary nitrogens is 1. The van der Waals surface area contributed by atoms with Crippen LogP contribution in [0.5, 0.6) is 0 Å². The quantitative estimate of drug-likeness (QED) is 0.806. The molecule has 6 nitrogen and oxygen atoms in total. The molecule has 0 saturated carbocycles. The van der Waals surface area contributed by atoms with Crippen molar-refractivity contribution in [2.24, 2.45) is 10.9 Å². The molecule has 2 atom stereocenters. The van der Waals surface area contributed by atoms with Gasteiger partial charge in [0, 0.05) is 6.20 Å². The second-order valence-corrected chi connectivity index (χ2v) is 5.97. The maximum Gasteiger partial charge on any atom is 0.338 e. The van der Waals surface area contributed by atoms with Crippen LogP contribution in [0.4, 0.5) is 0 Å². The molecule has 2 N–H and O–H groups in total. The van der Waals surface area contributed by atoms with E-state index in [9.17, 15) is 15.1 Å². The van der Waals surface area contributed by atoms with E-state index in [0.29, 0.717) is 13.0 Å². The summed E-state index contributed by atoms with van der Waals surface area (Å²) in [5.41, 5.74) is 0.588. The number of hydrogen-bond donors (Lipinski definition) is 2. The Bertz CT molecular complexity index is 598. The molecule has 1 aromatic heterocycles. The zero-order chi connectivity index (χ0) is 15.8. The van der Waals surface area contributed by atoms with Crippen LogP contribution in [0.1, 0.15) is 49.3 Å². The number of nitrogens with zero attached hydrogens (tertiary/aromatic N) is 2. The van der Waals surface area contributed by atoms with Crippen LogP contribution in [0, 0.1) is 11.1 Å². The van der Waals surface area contributed by atoms with Gasteiger partial charge >= 0.3 is 5.97 Å². The van der Waals surface area contributed by atoms with Crippen molar-refractivity contribution in [3.05, 3.63) is 34.3 Å². The molecule has 0 saturated heterocycles. The lowest BCUT2D eigenvalue weighted by atomic mass is 9.90. The van der Waals surface area contributed by atoms with Crippen LogP contribution >= 0.6 is 0 Å². The molecular formula is C15H21N3O3. The maximum atomic E-state index is 12.3. The smallest absolute Gasteiger partial charge is 0.338 e. The number of aromatic carboxylic acids is 1. The Morgan fingerprint density at radius 1 is 1.57 bits per heavy atom. The molecule has 6 heteroatoms. The summed E-state index contributed by atoms with van der Waals surface area (Å²) >= 11 is 0. The van der Waals surface area contributed by atoms with E-state index in [-0.39, 0.29) is 28.1 Å². The van der Waals surface area contributed by atoms with Gasteiger partial charge in [-0.25, -0.2) is 14.8 Å². The van der Waals surface area contributed by atoms with Crippen LogP contribution in [0.3, 0.4) is 0 Å². The van der Waals surface area contributed by atoms with Gasteiger partial charge in [0.15, 0.2) is 5.69 Å². The summed E-state index contributed by atoms with van der Waals surface area (Å²) in [6.07, 6.45) is 2.31. The third kappa shape index (κ3) is 2.82. The highest BCUT2D eigenvalue weighted by atomic mass is 16.5. The minimum atomic E-state index is -1.08. The summed E-state index contributed by atoms with van der Waals surface area (Å²) in [5, 5.41) is 21.5. The summed E-state index contributed by atoms with van der Waals surface area (Å²) in [6.45, 7) is 8.16. The lowest BCUT2D eigenvalue weighted by molar-refractivity contribution is -0.744. The van der Waals surface area contributed by atoms with Crippen molar-refractivity contribution in [2.75, 3.05) is 6.54 Å². The summed E-state index contributed by atoms with van der Waals surface area (Å²) in [6, 6.07) is 1.57. The predicted octanol–water partition coefficient (Wildman–Crippen LogP) is 0.900. The van der Waals surface area contributed by atoms with Gasteiger partial charge in [0.25, 0.3) is 0 Å². The van der Waals surface area contributed by atoms with Gasteiger partial charge in [0.05, 0.1) is 5.56 Å². The average Bonchev–Trinajstić information content (AvgIpc) is 2.74. The molecule has 0 radical (unpaired) electrons. The molecule has 0 bridgehead atoms. The molecule has 2 rings (SSSR count). The number of nitrogens with one attached hydrogen (secondary N) is 1. The van der Waals surface area contributed by atoms with Gasteiger partial charge in [-0.15, -0.1) is 0 Å². The number of hydroxylamine groups is 2. The highest BCUT2D eigenvalue weighted by Gasteiger charge is 2.41. The SMILES string of the molecule is CCc1cnc(C2=NC(C)(C(C)C)C[NH+]2[O-])c(C(=O)O)c1. The van der Waals surface area contributed by atoms with Crippen LogP contribution < -0.4 is 5.06 Å². The molecule has 0 spiro atoms. The highest BCUT2D eigenvalue weighted by Crippen LogP contribution is 2.24. The number of amidine groups is 1. The molecule has 2 heterocycles. The number of pyridine rings is 1. The summed E-state index contributed by atoms with van der Waals surface area (Å²) in [4.78, 5) is 20.1. The first-order chi connectivity index (χ1) is 9.78. The molecule has 1 aromatic rings. The standard InChI is InChI=1S/C15H21N3O3/c1-5-10-6-11(14(19)20)12(16-7-10)13-17-15(4,9(2)3)8-18(13)21/h6-7,9,18H,5,8H2,1-4H3,(H,19,20). The predicted molar refractivity (Wildman–Crippen MR) is 79.6 cm³/mol. The van der Waals surface area contributed by atoms with E-state index in [1.807, 2.05) is 27.7 Å². The Labute approximate surface area is 124 Å². The molecule has 0 aliphatic carbocycles. The fourth-order valence-corrected chi connectivity index (χ4v) is 2.34. The van der Waals surface area contributed by atoms with Crippen LogP contribution in [-0.4, -0.2) is 34.0 Å². The van der Waals surface area contributed by atoms with Gasteiger partial charge in [0.1, 0.15) is 12.1 Å². The lowest BCUT2D eigenvalue weighted by Gasteiger charge is -2.25. The number of hydrogen-bond acceptors (Lipinski definition) is 4. The summed E-state index contributed by atoms with van der Waals surface area (Å²) < 4.78 is 0. The number of carbonyl (C=O) groups is 1. The molecular weight excluding hydrogens is 270 g/mol. The van der Waals surface area contributed by atoms with E-state index in [0.717, 1.165) is 5.56 Å². The molecule has 114 valence electrons. The van der Waals surface area contributed by atoms with E-state index in [2.05, 4.69) is 9.98 Å². The van der Waals surface area contributed by atoms with E-state index in [1.54, 1.807) is 12.3 Å².